The maximum absolute atomic E-state index is 12.3. The summed E-state index contributed by atoms with van der Waals surface area (Å²) < 4.78 is 30.7. The second-order valence-corrected chi connectivity index (χ2v) is 7.71. The van der Waals surface area contributed by atoms with Gasteiger partial charge in [-0.25, -0.2) is 12.7 Å². The molecule has 0 bridgehead atoms. The summed E-state index contributed by atoms with van der Waals surface area (Å²) in [6.07, 6.45) is 5.80. The molecule has 1 saturated carbocycles. The molecule has 0 unspecified atom stereocenters. The highest BCUT2D eigenvalue weighted by Crippen LogP contribution is 2.30. The van der Waals surface area contributed by atoms with E-state index in [1.165, 1.54) is 30.7 Å². The van der Waals surface area contributed by atoms with Crippen molar-refractivity contribution in [3.63, 3.8) is 0 Å². The lowest BCUT2D eigenvalue weighted by molar-refractivity contribution is -0.146. The van der Waals surface area contributed by atoms with Crippen molar-refractivity contribution in [1.29, 1.82) is 0 Å². The predicted octanol–water partition coefficient (Wildman–Crippen LogP) is 1.39. The summed E-state index contributed by atoms with van der Waals surface area (Å²) in [7, 11) is -1.85. The van der Waals surface area contributed by atoms with Crippen LogP contribution in [0.3, 0.4) is 0 Å². The SMILES string of the molecule is COC(=O)[C@H]1CCCN(S(=O)(=O)CCC2CCC2)C1. The first-order valence-electron chi connectivity index (χ1n) is 7.08. The lowest BCUT2D eigenvalue weighted by atomic mass is 9.84. The number of hydrogen-bond acceptors (Lipinski definition) is 4. The van der Waals surface area contributed by atoms with Crippen molar-refractivity contribution in [1.82, 2.24) is 4.31 Å². The first-order valence-corrected chi connectivity index (χ1v) is 8.69. The van der Waals surface area contributed by atoms with E-state index in [0.29, 0.717) is 19.0 Å². The van der Waals surface area contributed by atoms with Gasteiger partial charge in [0.2, 0.25) is 10.0 Å². The molecular weight excluding hydrogens is 266 g/mol. The molecule has 1 saturated heterocycles. The summed E-state index contributed by atoms with van der Waals surface area (Å²) in [5.74, 6) is 0.234. The molecule has 0 N–H and O–H groups in total. The highest BCUT2D eigenvalue weighted by Gasteiger charge is 2.33. The zero-order valence-corrected chi connectivity index (χ0v) is 12.3. The van der Waals surface area contributed by atoms with Gasteiger partial charge in [-0.3, -0.25) is 4.79 Å². The molecule has 2 rings (SSSR count). The van der Waals surface area contributed by atoms with E-state index >= 15 is 0 Å². The summed E-state index contributed by atoms with van der Waals surface area (Å²) in [4.78, 5) is 11.5. The van der Waals surface area contributed by atoms with E-state index in [-0.39, 0.29) is 17.6 Å². The van der Waals surface area contributed by atoms with Crippen molar-refractivity contribution in [2.75, 3.05) is 26.0 Å². The Bertz CT molecular complexity index is 416. The monoisotopic (exact) mass is 289 g/mol. The molecule has 0 aromatic heterocycles. The Hall–Kier alpha value is -0.620. The molecule has 0 radical (unpaired) electrons. The zero-order chi connectivity index (χ0) is 13.9. The highest BCUT2D eigenvalue weighted by atomic mass is 32.2. The smallest absolute Gasteiger partial charge is 0.309 e. The topological polar surface area (TPSA) is 63.7 Å². The molecule has 110 valence electrons. The normalized spacial score (nSPS) is 25.8. The maximum atomic E-state index is 12.3. The van der Waals surface area contributed by atoms with Gasteiger partial charge >= 0.3 is 5.97 Å². The Morgan fingerprint density at radius 1 is 1.26 bits per heavy atom. The minimum absolute atomic E-state index is 0.228. The quantitative estimate of drug-likeness (QED) is 0.718. The van der Waals surface area contributed by atoms with E-state index in [2.05, 4.69) is 0 Å². The van der Waals surface area contributed by atoms with Gasteiger partial charge in [-0.2, -0.15) is 0 Å². The van der Waals surface area contributed by atoms with E-state index in [4.69, 9.17) is 4.74 Å². The Morgan fingerprint density at radius 3 is 2.58 bits per heavy atom. The Morgan fingerprint density at radius 2 is 2.00 bits per heavy atom. The number of carbonyl (C=O) groups excluding carboxylic acids is 1. The third kappa shape index (κ3) is 3.69. The summed E-state index contributed by atoms with van der Waals surface area (Å²) in [5.41, 5.74) is 0. The molecule has 0 aromatic carbocycles. The summed E-state index contributed by atoms with van der Waals surface area (Å²) in [5, 5.41) is 0. The molecule has 1 heterocycles. The van der Waals surface area contributed by atoms with Crippen LogP contribution in [0.5, 0.6) is 0 Å². The number of hydrogen-bond donors (Lipinski definition) is 0. The zero-order valence-electron chi connectivity index (χ0n) is 11.5. The number of ether oxygens (including phenoxy) is 1. The van der Waals surface area contributed by atoms with Crippen LogP contribution in [0.25, 0.3) is 0 Å². The van der Waals surface area contributed by atoms with Crippen LogP contribution < -0.4 is 0 Å². The number of rotatable bonds is 5. The third-order valence-corrected chi connectivity index (χ3v) is 6.19. The summed E-state index contributed by atoms with van der Waals surface area (Å²) >= 11 is 0. The van der Waals surface area contributed by atoms with Gasteiger partial charge in [-0.15, -0.1) is 0 Å². The number of carbonyl (C=O) groups is 1. The standard InChI is InChI=1S/C13H23NO4S/c1-18-13(15)12-6-3-8-14(10-12)19(16,17)9-7-11-4-2-5-11/h11-12H,2-10H2,1H3/t12-/m0/s1. The molecule has 5 nitrogen and oxygen atoms in total. The van der Waals surface area contributed by atoms with Gasteiger partial charge in [0.05, 0.1) is 18.8 Å². The van der Waals surface area contributed by atoms with Gasteiger partial charge < -0.3 is 4.74 Å². The van der Waals surface area contributed by atoms with Crippen LogP contribution in [-0.2, 0) is 19.6 Å². The van der Waals surface area contributed by atoms with Crippen molar-refractivity contribution in [3.05, 3.63) is 0 Å². The van der Waals surface area contributed by atoms with Gasteiger partial charge in [0.1, 0.15) is 0 Å². The molecular formula is C13H23NO4S. The number of sulfonamides is 1. The second-order valence-electron chi connectivity index (χ2n) is 5.62. The van der Waals surface area contributed by atoms with Crippen LogP contribution >= 0.6 is 0 Å². The Labute approximate surface area is 115 Å². The summed E-state index contributed by atoms with van der Waals surface area (Å²) in [6.45, 7) is 0.833. The van der Waals surface area contributed by atoms with Crippen LogP contribution in [0.2, 0.25) is 0 Å². The predicted molar refractivity (Wildman–Crippen MR) is 72.1 cm³/mol. The number of methoxy groups -OCH3 is 1. The van der Waals surface area contributed by atoms with E-state index in [0.717, 1.165) is 19.3 Å². The Kier molecular flexibility index (Phi) is 4.84. The molecule has 0 aromatic rings. The van der Waals surface area contributed by atoms with Crippen molar-refractivity contribution in [3.8, 4) is 0 Å². The van der Waals surface area contributed by atoms with Gasteiger partial charge in [0.25, 0.3) is 0 Å². The van der Waals surface area contributed by atoms with E-state index in [1.807, 2.05) is 0 Å². The number of piperidine rings is 1. The highest BCUT2D eigenvalue weighted by molar-refractivity contribution is 7.89. The molecule has 6 heteroatoms. The summed E-state index contributed by atoms with van der Waals surface area (Å²) in [6, 6.07) is 0. The Balaban J connectivity index is 1.89. The van der Waals surface area contributed by atoms with E-state index < -0.39 is 10.0 Å². The van der Waals surface area contributed by atoms with Crippen molar-refractivity contribution < 1.29 is 17.9 Å². The van der Waals surface area contributed by atoms with E-state index in [1.54, 1.807) is 0 Å². The minimum Gasteiger partial charge on any atom is -0.469 e. The lowest BCUT2D eigenvalue weighted by Crippen LogP contribution is -2.43. The number of nitrogens with zero attached hydrogens (tertiary/aromatic N) is 1. The van der Waals surface area contributed by atoms with E-state index in [9.17, 15) is 13.2 Å². The molecule has 1 aliphatic carbocycles. The first-order chi connectivity index (χ1) is 9.03. The average Bonchev–Trinajstić information content (AvgIpc) is 2.36. The third-order valence-electron chi connectivity index (χ3n) is 4.32. The van der Waals surface area contributed by atoms with Crippen LogP contribution in [0.1, 0.15) is 38.5 Å². The second kappa shape index (κ2) is 6.22. The van der Waals surface area contributed by atoms with Crippen LogP contribution in [0, 0.1) is 11.8 Å². The van der Waals surface area contributed by atoms with Crippen LogP contribution in [-0.4, -0.2) is 44.6 Å². The number of esters is 1. The van der Waals surface area contributed by atoms with Gasteiger partial charge in [0, 0.05) is 13.1 Å². The van der Waals surface area contributed by atoms with Crippen LogP contribution in [0.15, 0.2) is 0 Å². The van der Waals surface area contributed by atoms with Gasteiger partial charge in [-0.1, -0.05) is 19.3 Å². The average molecular weight is 289 g/mol. The largest absolute Gasteiger partial charge is 0.469 e. The lowest BCUT2D eigenvalue weighted by Gasteiger charge is -2.32. The maximum Gasteiger partial charge on any atom is 0.309 e. The molecule has 19 heavy (non-hydrogen) atoms. The van der Waals surface area contributed by atoms with Crippen molar-refractivity contribution >= 4 is 16.0 Å². The fourth-order valence-electron chi connectivity index (χ4n) is 2.78. The fourth-order valence-corrected chi connectivity index (χ4v) is 4.48. The molecule has 2 fully saturated rings. The van der Waals surface area contributed by atoms with Gasteiger partial charge in [-0.05, 0) is 25.2 Å². The molecule has 1 atom stereocenters. The molecule has 2 aliphatic rings. The molecule has 0 amide bonds. The van der Waals surface area contributed by atoms with Crippen LogP contribution in [0.4, 0.5) is 0 Å². The van der Waals surface area contributed by atoms with Crippen molar-refractivity contribution in [2.24, 2.45) is 11.8 Å². The molecule has 1 aliphatic heterocycles. The fraction of sp³-hybridized carbons (Fsp3) is 0.923. The first kappa shape index (κ1) is 14.8. The van der Waals surface area contributed by atoms with Crippen molar-refractivity contribution in [2.45, 2.75) is 38.5 Å². The minimum atomic E-state index is -3.20. The van der Waals surface area contributed by atoms with Gasteiger partial charge in [0.15, 0.2) is 0 Å². The molecule has 0 spiro atoms.